The summed E-state index contributed by atoms with van der Waals surface area (Å²) >= 11 is 0. The highest BCUT2D eigenvalue weighted by Crippen LogP contribution is 2.34. The number of anilines is 1. The van der Waals surface area contributed by atoms with Crippen molar-refractivity contribution in [2.24, 2.45) is 0 Å². The summed E-state index contributed by atoms with van der Waals surface area (Å²) in [5, 5.41) is 2.37. The maximum Gasteiger partial charge on any atom is 0.418 e. The Bertz CT molecular complexity index is 1140. The molecule has 9 heteroatoms. The molecule has 0 radical (unpaired) electrons. The van der Waals surface area contributed by atoms with Crippen LogP contribution in [0.1, 0.15) is 21.6 Å². The lowest BCUT2D eigenvalue weighted by atomic mass is 10.1. The zero-order valence-corrected chi connectivity index (χ0v) is 18.5. The van der Waals surface area contributed by atoms with Crippen molar-refractivity contribution >= 4 is 17.5 Å². The second-order valence-electron chi connectivity index (χ2n) is 8.17. The molecule has 1 N–H and O–H groups in total. The monoisotopic (exact) mass is 470 g/mol. The average Bonchev–Trinajstić information content (AvgIpc) is 3.27. The number of hydrogen-bond donors (Lipinski definition) is 1. The second-order valence-corrected chi connectivity index (χ2v) is 8.17. The van der Waals surface area contributed by atoms with Gasteiger partial charge in [0, 0.05) is 38.9 Å². The number of hydrogen-bond acceptors (Lipinski definition) is 3. The van der Waals surface area contributed by atoms with E-state index in [4.69, 9.17) is 0 Å². The Morgan fingerprint density at radius 1 is 0.853 bits per heavy atom. The van der Waals surface area contributed by atoms with Crippen LogP contribution in [0, 0.1) is 0 Å². The molecular formula is C25H25F3N4O2. The number of benzene rings is 2. The fourth-order valence-electron chi connectivity index (χ4n) is 4.03. The van der Waals surface area contributed by atoms with E-state index >= 15 is 0 Å². The fraction of sp³-hybridized carbons (Fsp3) is 0.280. The van der Waals surface area contributed by atoms with Crippen molar-refractivity contribution in [3.05, 3.63) is 89.7 Å². The van der Waals surface area contributed by atoms with E-state index < -0.39 is 17.6 Å². The van der Waals surface area contributed by atoms with Gasteiger partial charge in [-0.2, -0.15) is 13.2 Å². The van der Waals surface area contributed by atoms with E-state index in [2.05, 4.69) is 5.32 Å². The minimum Gasteiger partial charge on any atom is -0.339 e. The summed E-state index contributed by atoms with van der Waals surface area (Å²) in [7, 11) is 0. The van der Waals surface area contributed by atoms with Crippen LogP contribution < -0.4 is 5.32 Å². The van der Waals surface area contributed by atoms with E-state index in [0.29, 0.717) is 38.4 Å². The number of aromatic nitrogens is 1. The normalized spacial score (nSPS) is 14.7. The third-order valence-corrected chi connectivity index (χ3v) is 5.78. The largest absolute Gasteiger partial charge is 0.418 e. The molecule has 2 amide bonds. The molecule has 2 heterocycles. The van der Waals surface area contributed by atoms with Gasteiger partial charge in [0.2, 0.25) is 5.91 Å². The molecule has 1 aromatic heterocycles. The first-order valence-electron chi connectivity index (χ1n) is 11.0. The Morgan fingerprint density at radius 3 is 2.24 bits per heavy atom. The minimum absolute atomic E-state index is 0.0430. The van der Waals surface area contributed by atoms with Crippen LogP contribution in [0.15, 0.2) is 72.9 Å². The minimum atomic E-state index is -4.55. The van der Waals surface area contributed by atoms with Gasteiger partial charge in [-0.3, -0.25) is 14.5 Å². The number of nitrogens with one attached hydrogen (secondary N) is 1. The molecule has 0 bridgehead atoms. The van der Waals surface area contributed by atoms with Crippen LogP contribution in [-0.2, 0) is 17.5 Å². The lowest BCUT2D eigenvalue weighted by Gasteiger charge is -2.34. The van der Waals surface area contributed by atoms with Crippen molar-refractivity contribution in [3.63, 3.8) is 0 Å². The van der Waals surface area contributed by atoms with Crippen molar-refractivity contribution in [2.75, 3.05) is 38.0 Å². The van der Waals surface area contributed by atoms with Crippen LogP contribution in [-0.4, -0.2) is 58.9 Å². The Kier molecular flexibility index (Phi) is 7.02. The Labute approximate surface area is 195 Å². The molecule has 1 fully saturated rings. The fourth-order valence-corrected chi connectivity index (χ4v) is 4.03. The van der Waals surface area contributed by atoms with Crippen molar-refractivity contribution in [1.29, 1.82) is 0 Å². The van der Waals surface area contributed by atoms with E-state index in [9.17, 15) is 22.8 Å². The van der Waals surface area contributed by atoms with Crippen LogP contribution in [0.4, 0.5) is 18.9 Å². The van der Waals surface area contributed by atoms with Crippen LogP contribution >= 0.6 is 0 Å². The number of piperazine rings is 1. The summed E-state index contributed by atoms with van der Waals surface area (Å²) in [4.78, 5) is 29.0. The molecule has 178 valence electrons. The van der Waals surface area contributed by atoms with Crippen LogP contribution in [0.2, 0.25) is 0 Å². The van der Waals surface area contributed by atoms with Gasteiger partial charge in [-0.25, -0.2) is 0 Å². The number of carbonyl (C=O) groups is 2. The number of halogens is 3. The summed E-state index contributed by atoms with van der Waals surface area (Å²) in [6, 6.07) is 18.4. The zero-order chi connectivity index (χ0) is 24.1. The number of alkyl halides is 3. The van der Waals surface area contributed by atoms with Gasteiger partial charge in [-0.15, -0.1) is 0 Å². The maximum absolute atomic E-state index is 13.1. The third-order valence-electron chi connectivity index (χ3n) is 5.78. The van der Waals surface area contributed by atoms with Crippen molar-refractivity contribution in [1.82, 2.24) is 14.4 Å². The maximum atomic E-state index is 13.1. The van der Waals surface area contributed by atoms with Crippen molar-refractivity contribution < 1.29 is 22.8 Å². The zero-order valence-electron chi connectivity index (χ0n) is 18.5. The number of rotatable bonds is 6. The molecule has 0 aliphatic carbocycles. The highest BCUT2D eigenvalue weighted by atomic mass is 19.4. The molecule has 3 aromatic rings. The van der Waals surface area contributed by atoms with E-state index in [1.807, 2.05) is 52.1 Å². The molecule has 0 saturated carbocycles. The van der Waals surface area contributed by atoms with E-state index in [1.54, 1.807) is 11.0 Å². The predicted octanol–water partition coefficient (Wildman–Crippen LogP) is 3.95. The van der Waals surface area contributed by atoms with Gasteiger partial charge in [-0.05, 0) is 29.8 Å². The van der Waals surface area contributed by atoms with E-state index in [-0.39, 0.29) is 18.1 Å². The van der Waals surface area contributed by atoms with Gasteiger partial charge in [0.25, 0.3) is 5.91 Å². The lowest BCUT2D eigenvalue weighted by molar-refractivity contribution is -0.137. The summed E-state index contributed by atoms with van der Waals surface area (Å²) in [6.07, 6.45) is -2.67. The van der Waals surface area contributed by atoms with Crippen LogP contribution in [0.5, 0.6) is 0 Å². The quantitative estimate of drug-likeness (QED) is 0.594. The smallest absolute Gasteiger partial charge is 0.339 e. The molecule has 34 heavy (non-hydrogen) atoms. The molecule has 1 aliphatic heterocycles. The first-order valence-corrected chi connectivity index (χ1v) is 11.0. The first-order chi connectivity index (χ1) is 16.3. The van der Waals surface area contributed by atoms with Crippen LogP contribution in [0.25, 0.3) is 0 Å². The second kappa shape index (κ2) is 10.1. The van der Waals surface area contributed by atoms with Gasteiger partial charge in [0.15, 0.2) is 0 Å². The number of amides is 2. The molecule has 0 atom stereocenters. The molecule has 0 spiro atoms. The number of para-hydroxylation sites is 1. The molecule has 1 aliphatic rings. The molecule has 1 saturated heterocycles. The molecule has 0 unspecified atom stereocenters. The molecule has 6 nitrogen and oxygen atoms in total. The SMILES string of the molecule is O=C(CN1CCN(C(=O)c2cccn2Cc2ccccc2)CC1)Nc1ccccc1C(F)(F)F. The Morgan fingerprint density at radius 2 is 1.53 bits per heavy atom. The Hall–Kier alpha value is -3.59. The molecular weight excluding hydrogens is 445 g/mol. The highest BCUT2D eigenvalue weighted by molar-refractivity contribution is 5.94. The van der Waals surface area contributed by atoms with Crippen LogP contribution in [0.3, 0.4) is 0 Å². The van der Waals surface area contributed by atoms with Crippen molar-refractivity contribution in [2.45, 2.75) is 12.7 Å². The topological polar surface area (TPSA) is 57.6 Å². The van der Waals surface area contributed by atoms with E-state index in [0.717, 1.165) is 11.6 Å². The van der Waals surface area contributed by atoms with Gasteiger partial charge in [-0.1, -0.05) is 42.5 Å². The molecule has 4 rings (SSSR count). The van der Waals surface area contributed by atoms with Gasteiger partial charge >= 0.3 is 6.18 Å². The standard InChI is InChI=1S/C25H25F3N4O2/c26-25(27,28)20-9-4-5-10-21(20)29-23(33)18-30-13-15-31(16-14-30)24(34)22-11-6-12-32(22)17-19-7-2-1-3-8-19/h1-12H,13-18H2,(H,29,33). The summed E-state index contributed by atoms with van der Waals surface area (Å²) in [6.45, 7) is 2.33. The first kappa shape index (κ1) is 23.6. The van der Waals surface area contributed by atoms with Gasteiger partial charge in [0.1, 0.15) is 5.69 Å². The van der Waals surface area contributed by atoms with Crippen molar-refractivity contribution in [3.8, 4) is 0 Å². The Balaban J connectivity index is 1.31. The lowest BCUT2D eigenvalue weighted by Crippen LogP contribution is -2.50. The van der Waals surface area contributed by atoms with Gasteiger partial charge in [0.05, 0.1) is 17.8 Å². The summed E-state index contributed by atoms with van der Waals surface area (Å²) in [5.41, 5.74) is 0.555. The number of carbonyl (C=O) groups excluding carboxylic acids is 2. The number of nitrogens with zero attached hydrogens (tertiary/aromatic N) is 3. The summed E-state index contributed by atoms with van der Waals surface area (Å²) in [5.74, 6) is -0.600. The van der Waals surface area contributed by atoms with Gasteiger partial charge < -0.3 is 14.8 Å². The molecule has 2 aromatic carbocycles. The highest BCUT2D eigenvalue weighted by Gasteiger charge is 2.33. The average molecular weight is 470 g/mol. The van der Waals surface area contributed by atoms with E-state index in [1.165, 1.54) is 18.2 Å². The predicted molar refractivity (Wildman–Crippen MR) is 122 cm³/mol. The third kappa shape index (κ3) is 5.66. The summed E-state index contributed by atoms with van der Waals surface area (Å²) < 4.78 is 41.3.